The summed E-state index contributed by atoms with van der Waals surface area (Å²) >= 11 is 0. The Kier molecular flexibility index (Phi) is 4.35. The molecule has 0 aliphatic rings. The van der Waals surface area contributed by atoms with E-state index in [1.165, 1.54) is 6.92 Å². The number of halogens is 2. The standard InChI is InChI=1S/C7H10F2O5S/c1-5(2)6(10)14-4-3-7(8,9)15(11,12)13/h1,3-4H2,2H3,(H,11,12,13). The van der Waals surface area contributed by atoms with Crippen LogP contribution in [0.25, 0.3) is 0 Å². The summed E-state index contributed by atoms with van der Waals surface area (Å²) in [5.41, 5.74) is 0.00479. The fraction of sp³-hybridized carbons (Fsp3) is 0.571. The average molecular weight is 244 g/mol. The lowest BCUT2D eigenvalue weighted by molar-refractivity contribution is -0.140. The van der Waals surface area contributed by atoms with Crippen LogP contribution in [0.4, 0.5) is 8.78 Å². The van der Waals surface area contributed by atoms with Gasteiger partial charge in [-0.05, 0) is 6.92 Å². The Morgan fingerprint density at radius 2 is 2.00 bits per heavy atom. The van der Waals surface area contributed by atoms with Gasteiger partial charge < -0.3 is 4.74 Å². The third-order valence-electron chi connectivity index (χ3n) is 1.35. The monoisotopic (exact) mass is 244 g/mol. The van der Waals surface area contributed by atoms with Crippen molar-refractivity contribution in [1.82, 2.24) is 0 Å². The number of esters is 1. The van der Waals surface area contributed by atoms with E-state index in [9.17, 15) is 22.0 Å². The number of carbonyl (C=O) groups is 1. The van der Waals surface area contributed by atoms with Gasteiger partial charge in [-0.3, -0.25) is 4.55 Å². The zero-order valence-corrected chi connectivity index (χ0v) is 8.68. The molecule has 0 heterocycles. The SMILES string of the molecule is C=C(C)C(=O)OCCC(F)(F)S(=O)(=O)O. The van der Waals surface area contributed by atoms with Gasteiger partial charge in [0.2, 0.25) is 0 Å². The van der Waals surface area contributed by atoms with Crippen molar-refractivity contribution in [2.45, 2.75) is 18.6 Å². The maximum atomic E-state index is 12.5. The Morgan fingerprint density at radius 1 is 1.53 bits per heavy atom. The highest BCUT2D eigenvalue weighted by Crippen LogP contribution is 2.24. The summed E-state index contributed by atoms with van der Waals surface area (Å²) in [6.07, 6.45) is -1.30. The predicted octanol–water partition coefficient (Wildman–Crippen LogP) is 0.976. The van der Waals surface area contributed by atoms with Crippen LogP contribution in [0.3, 0.4) is 0 Å². The molecule has 5 nitrogen and oxygen atoms in total. The highest BCUT2D eigenvalue weighted by molar-refractivity contribution is 7.86. The van der Waals surface area contributed by atoms with Crippen LogP contribution in [0.15, 0.2) is 12.2 Å². The molecule has 0 spiro atoms. The van der Waals surface area contributed by atoms with E-state index < -0.39 is 34.4 Å². The molecule has 0 rings (SSSR count). The van der Waals surface area contributed by atoms with Crippen molar-refractivity contribution < 1.29 is 31.3 Å². The van der Waals surface area contributed by atoms with Crippen molar-refractivity contribution in [2.75, 3.05) is 6.61 Å². The second-order valence-electron chi connectivity index (χ2n) is 2.78. The summed E-state index contributed by atoms with van der Waals surface area (Å²) in [4.78, 5) is 10.7. The minimum atomic E-state index is -5.47. The fourth-order valence-electron chi connectivity index (χ4n) is 0.515. The second-order valence-corrected chi connectivity index (χ2v) is 4.33. The Bertz CT molecular complexity index is 360. The van der Waals surface area contributed by atoms with Crippen molar-refractivity contribution in [3.8, 4) is 0 Å². The molecule has 1 N–H and O–H groups in total. The highest BCUT2D eigenvalue weighted by Gasteiger charge is 2.43. The first-order chi connectivity index (χ1) is 6.58. The first-order valence-electron chi connectivity index (χ1n) is 3.75. The lowest BCUT2D eigenvalue weighted by atomic mass is 10.4. The third kappa shape index (κ3) is 4.34. The summed E-state index contributed by atoms with van der Waals surface area (Å²) < 4.78 is 57.6. The average Bonchev–Trinajstić information content (AvgIpc) is 2.01. The molecule has 88 valence electrons. The molecule has 0 fully saturated rings. The van der Waals surface area contributed by atoms with Gasteiger partial charge in [-0.1, -0.05) is 6.58 Å². The van der Waals surface area contributed by atoms with E-state index in [0.717, 1.165) is 0 Å². The molecule has 0 bridgehead atoms. The van der Waals surface area contributed by atoms with Crippen molar-refractivity contribution in [3.05, 3.63) is 12.2 Å². The Balaban J connectivity index is 4.19. The Labute approximate surface area is 85.5 Å². The summed E-state index contributed by atoms with van der Waals surface area (Å²) in [5.74, 6) is -0.902. The highest BCUT2D eigenvalue weighted by atomic mass is 32.2. The van der Waals surface area contributed by atoms with E-state index >= 15 is 0 Å². The van der Waals surface area contributed by atoms with Gasteiger partial charge in [0.15, 0.2) is 0 Å². The Morgan fingerprint density at radius 3 is 2.33 bits per heavy atom. The van der Waals surface area contributed by atoms with Crippen LogP contribution in [0.5, 0.6) is 0 Å². The lowest BCUT2D eigenvalue weighted by Gasteiger charge is -2.12. The van der Waals surface area contributed by atoms with Crippen LogP contribution in [-0.4, -0.2) is 30.8 Å². The molecule has 0 radical (unpaired) electrons. The van der Waals surface area contributed by atoms with Crippen molar-refractivity contribution in [1.29, 1.82) is 0 Å². The topological polar surface area (TPSA) is 80.7 Å². The molecule has 0 unspecified atom stereocenters. The van der Waals surface area contributed by atoms with Crippen LogP contribution in [0, 0.1) is 0 Å². The zero-order valence-electron chi connectivity index (χ0n) is 7.87. The molecule has 0 atom stereocenters. The van der Waals surface area contributed by atoms with Crippen LogP contribution >= 0.6 is 0 Å². The van der Waals surface area contributed by atoms with E-state index in [4.69, 9.17) is 4.55 Å². The predicted molar refractivity (Wildman–Crippen MR) is 46.9 cm³/mol. The van der Waals surface area contributed by atoms with Crippen LogP contribution in [-0.2, 0) is 19.6 Å². The van der Waals surface area contributed by atoms with Crippen molar-refractivity contribution in [2.24, 2.45) is 0 Å². The summed E-state index contributed by atoms with van der Waals surface area (Å²) in [6.45, 7) is 3.68. The summed E-state index contributed by atoms with van der Waals surface area (Å²) in [7, 11) is -5.47. The van der Waals surface area contributed by atoms with Crippen LogP contribution in [0.2, 0.25) is 0 Å². The molecule has 0 aromatic carbocycles. The number of rotatable bonds is 5. The number of hydrogen-bond acceptors (Lipinski definition) is 4. The molecular weight excluding hydrogens is 234 g/mol. The molecule has 0 aromatic rings. The van der Waals surface area contributed by atoms with E-state index in [-0.39, 0.29) is 5.57 Å². The normalized spacial score (nSPS) is 12.3. The van der Waals surface area contributed by atoms with E-state index in [1.54, 1.807) is 0 Å². The smallest absolute Gasteiger partial charge is 0.373 e. The lowest BCUT2D eigenvalue weighted by Crippen LogP contribution is -2.30. The zero-order chi connectivity index (χ0) is 12.3. The maximum Gasteiger partial charge on any atom is 0.373 e. The van der Waals surface area contributed by atoms with Crippen molar-refractivity contribution >= 4 is 16.1 Å². The van der Waals surface area contributed by atoms with Gasteiger partial charge in [0.05, 0.1) is 13.0 Å². The van der Waals surface area contributed by atoms with E-state index in [0.29, 0.717) is 0 Å². The minimum Gasteiger partial charge on any atom is -0.462 e. The summed E-state index contributed by atoms with van der Waals surface area (Å²) in [5, 5.41) is -4.32. The minimum absolute atomic E-state index is 0.00479. The maximum absolute atomic E-state index is 12.5. The molecule has 0 saturated heterocycles. The summed E-state index contributed by atoms with van der Waals surface area (Å²) in [6, 6.07) is 0. The Hall–Kier alpha value is -1.02. The number of hydrogen-bond donors (Lipinski definition) is 1. The first kappa shape index (κ1) is 14.0. The molecule has 0 saturated carbocycles. The number of carbonyl (C=O) groups excluding carboxylic acids is 1. The molecule has 0 amide bonds. The van der Waals surface area contributed by atoms with Gasteiger partial charge in [0.25, 0.3) is 0 Å². The van der Waals surface area contributed by atoms with Gasteiger partial charge in [-0.25, -0.2) is 4.79 Å². The second kappa shape index (κ2) is 4.67. The first-order valence-corrected chi connectivity index (χ1v) is 5.19. The van der Waals surface area contributed by atoms with Gasteiger partial charge in [0.1, 0.15) is 0 Å². The molecule has 0 aliphatic heterocycles. The van der Waals surface area contributed by atoms with Gasteiger partial charge in [-0.15, -0.1) is 0 Å². The third-order valence-corrected chi connectivity index (χ3v) is 2.31. The van der Waals surface area contributed by atoms with Crippen LogP contribution < -0.4 is 0 Å². The van der Waals surface area contributed by atoms with E-state index in [2.05, 4.69) is 11.3 Å². The molecular formula is C7H10F2O5S. The van der Waals surface area contributed by atoms with E-state index in [1.807, 2.05) is 0 Å². The van der Waals surface area contributed by atoms with Crippen molar-refractivity contribution in [3.63, 3.8) is 0 Å². The van der Waals surface area contributed by atoms with Gasteiger partial charge in [-0.2, -0.15) is 17.2 Å². The van der Waals surface area contributed by atoms with Crippen LogP contribution in [0.1, 0.15) is 13.3 Å². The molecule has 15 heavy (non-hydrogen) atoms. The van der Waals surface area contributed by atoms with Gasteiger partial charge in [0, 0.05) is 5.57 Å². The quantitative estimate of drug-likeness (QED) is 0.443. The number of alkyl halides is 2. The van der Waals surface area contributed by atoms with Gasteiger partial charge >= 0.3 is 21.3 Å². The molecule has 0 aromatic heterocycles. The number of ether oxygens (including phenoxy) is 1. The fourth-order valence-corrected chi connectivity index (χ4v) is 0.856. The largest absolute Gasteiger partial charge is 0.462 e. The molecule has 0 aliphatic carbocycles. The molecule has 8 heteroatoms.